The van der Waals surface area contributed by atoms with Gasteiger partial charge in [-0.05, 0) is 29.8 Å². The largest absolute Gasteiger partial charge is 0.481 e. The van der Waals surface area contributed by atoms with Crippen molar-refractivity contribution < 1.29 is 19.4 Å². The number of ether oxygens (including phenoxy) is 1. The highest BCUT2D eigenvalue weighted by molar-refractivity contribution is 6.30. The van der Waals surface area contributed by atoms with Crippen molar-refractivity contribution >= 4 is 35.1 Å². The summed E-state index contributed by atoms with van der Waals surface area (Å²) >= 11 is 11.1. The Kier molecular flexibility index (Phi) is 11.3. The van der Waals surface area contributed by atoms with Crippen LogP contribution in [0.2, 0.25) is 10.0 Å². The molecule has 1 atom stereocenters. The van der Waals surface area contributed by atoms with Crippen LogP contribution in [0.25, 0.3) is 0 Å². The fourth-order valence-electron chi connectivity index (χ4n) is 2.79. The van der Waals surface area contributed by atoms with Gasteiger partial charge >= 0.3 is 5.97 Å². The Bertz CT molecular complexity index is 902. The summed E-state index contributed by atoms with van der Waals surface area (Å²) in [7, 11) is 0. The zero-order chi connectivity index (χ0) is 23.2. The fraction of sp³-hybridized carbons (Fsp3) is 0.200. The molecular formula is C25H25Cl2NO4. The number of amides is 1. The van der Waals surface area contributed by atoms with Crippen molar-refractivity contribution in [2.24, 2.45) is 0 Å². The molecular weight excluding hydrogens is 449 g/mol. The maximum absolute atomic E-state index is 12.0. The van der Waals surface area contributed by atoms with Gasteiger partial charge in [-0.1, -0.05) is 89.9 Å². The summed E-state index contributed by atoms with van der Waals surface area (Å²) in [6.45, 7) is 1.39. The van der Waals surface area contributed by atoms with Gasteiger partial charge in [-0.15, -0.1) is 0 Å². The third-order valence-corrected chi connectivity index (χ3v) is 4.81. The van der Waals surface area contributed by atoms with Gasteiger partial charge in [0, 0.05) is 23.1 Å². The molecule has 1 fully saturated rings. The van der Waals surface area contributed by atoms with Crippen LogP contribution in [-0.2, 0) is 20.9 Å². The highest BCUT2D eigenvalue weighted by atomic mass is 35.5. The highest BCUT2D eigenvalue weighted by Crippen LogP contribution is 2.14. The molecule has 1 aliphatic rings. The molecule has 0 aromatic heterocycles. The molecule has 1 aliphatic heterocycles. The van der Waals surface area contributed by atoms with Crippen LogP contribution in [0.4, 0.5) is 0 Å². The molecule has 3 aromatic rings. The Balaban J connectivity index is 0.000000211. The van der Waals surface area contributed by atoms with Crippen LogP contribution in [0, 0.1) is 0 Å². The van der Waals surface area contributed by atoms with E-state index in [2.05, 4.69) is 0 Å². The van der Waals surface area contributed by atoms with Gasteiger partial charge in [-0.3, -0.25) is 9.59 Å². The lowest BCUT2D eigenvalue weighted by atomic mass is 10.1. The van der Waals surface area contributed by atoms with Crippen LogP contribution in [0.3, 0.4) is 0 Å². The first-order valence-electron chi connectivity index (χ1n) is 10.0. The van der Waals surface area contributed by atoms with E-state index >= 15 is 0 Å². The van der Waals surface area contributed by atoms with Crippen LogP contribution >= 0.6 is 23.2 Å². The van der Waals surface area contributed by atoms with Gasteiger partial charge in [-0.25, -0.2) is 0 Å². The first-order chi connectivity index (χ1) is 15.5. The SMILES string of the molecule is Clc1ccccc1.Clc1ccccc1.O=C(O)CC1OCCN(Cc2ccccc2)C1=O. The van der Waals surface area contributed by atoms with Crippen molar-refractivity contribution in [3.8, 4) is 0 Å². The topological polar surface area (TPSA) is 66.8 Å². The van der Waals surface area contributed by atoms with Crippen molar-refractivity contribution in [3.63, 3.8) is 0 Å². The molecule has 0 radical (unpaired) electrons. The first-order valence-corrected chi connectivity index (χ1v) is 10.8. The molecule has 5 nitrogen and oxygen atoms in total. The summed E-state index contributed by atoms with van der Waals surface area (Å²) in [5.74, 6) is -1.26. The zero-order valence-corrected chi connectivity index (χ0v) is 19.0. The number of hydrogen-bond donors (Lipinski definition) is 1. The molecule has 4 rings (SSSR count). The summed E-state index contributed by atoms with van der Waals surface area (Å²) in [6, 6.07) is 28.5. The number of hydrogen-bond acceptors (Lipinski definition) is 3. The number of rotatable bonds is 4. The quantitative estimate of drug-likeness (QED) is 0.537. The third kappa shape index (κ3) is 9.96. The Morgan fingerprint density at radius 1 is 0.875 bits per heavy atom. The summed E-state index contributed by atoms with van der Waals surface area (Å²) in [6.07, 6.45) is -1.12. The second-order valence-electron chi connectivity index (χ2n) is 6.79. The number of carbonyl (C=O) groups excluding carboxylic acids is 1. The van der Waals surface area contributed by atoms with E-state index in [1.165, 1.54) is 0 Å². The molecule has 7 heteroatoms. The number of carbonyl (C=O) groups is 2. The predicted octanol–water partition coefficient (Wildman–Crippen LogP) is 5.57. The van der Waals surface area contributed by atoms with Crippen LogP contribution in [-0.4, -0.2) is 41.1 Å². The maximum Gasteiger partial charge on any atom is 0.306 e. The van der Waals surface area contributed by atoms with E-state index in [9.17, 15) is 9.59 Å². The van der Waals surface area contributed by atoms with Gasteiger partial charge in [-0.2, -0.15) is 0 Å². The monoisotopic (exact) mass is 473 g/mol. The number of halogens is 2. The van der Waals surface area contributed by atoms with E-state index in [-0.39, 0.29) is 12.3 Å². The van der Waals surface area contributed by atoms with E-state index in [0.717, 1.165) is 15.6 Å². The van der Waals surface area contributed by atoms with Crippen LogP contribution in [0.1, 0.15) is 12.0 Å². The Morgan fingerprint density at radius 2 is 1.34 bits per heavy atom. The molecule has 3 aromatic carbocycles. The average Bonchev–Trinajstić information content (AvgIpc) is 2.79. The lowest BCUT2D eigenvalue weighted by Crippen LogP contribution is -2.47. The van der Waals surface area contributed by atoms with Crippen LogP contribution < -0.4 is 0 Å². The van der Waals surface area contributed by atoms with Gasteiger partial charge in [0.05, 0.1) is 13.0 Å². The normalized spacial score (nSPS) is 15.0. The lowest BCUT2D eigenvalue weighted by molar-refractivity contribution is -0.160. The zero-order valence-electron chi connectivity index (χ0n) is 17.4. The number of carboxylic acid groups (broad SMARTS) is 1. The Labute approximate surface area is 198 Å². The number of carboxylic acids is 1. The summed E-state index contributed by atoms with van der Waals surface area (Å²) in [5.41, 5.74) is 1.03. The van der Waals surface area contributed by atoms with Crippen LogP contribution in [0.15, 0.2) is 91.0 Å². The van der Waals surface area contributed by atoms with Gasteiger partial charge in [0.25, 0.3) is 5.91 Å². The van der Waals surface area contributed by atoms with Crippen molar-refractivity contribution in [1.82, 2.24) is 4.90 Å². The second kappa shape index (κ2) is 14.2. The molecule has 1 heterocycles. The van der Waals surface area contributed by atoms with E-state index in [0.29, 0.717) is 19.7 Å². The molecule has 1 amide bonds. The Hall–Kier alpha value is -2.86. The van der Waals surface area contributed by atoms with E-state index in [1.807, 2.05) is 91.0 Å². The van der Waals surface area contributed by atoms with E-state index in [4.69, 9.17) is 33.0 Å². The molecule has 1 unspecified atom stereocenters. The molecule has 0 spiro atoms. The summed E-state index contributed by atoms with van der Waals surface area (Å²) in [4.78, 5) is 24.3. The lowest BCUT2D eigenvalue weighted by Gasteiger charge is -2.31. The minimum atomic E-state index is -1.02. The van der Waals surface area contributed by atoms with Gasteiger partial charge in [0.15, 0.2) is 0 Å². The Morgan fingerprint density at radius 3 is 1.75 bits per heavy atom. The molecule has 0 saturated carbocycles. The molecule has 168 valence electrons. The molecule has 0 aliphatic carbocycles. The minimum absolute atomic E-state index is 0.243. The number of benzene rings is 3. The molecule has 0 bridgehead atoms. The average molecular weight is 474 g/mol. The number of aliphatic carboxylic acids is 1. The summed E-state index contributed by atoms with van der Waals surface area (Å²) in [5, 5.41) is 10.3. The van der Waals surface area contributed by atoms with E-state index < -0.39 is 12.1 Å². The van der Waals surface area contributed by atoms with Crippen molar-refractivity contribution in [1.29, 1.82) is 0 Å². The minimum Gasteiger partial charge on any atom is -0.481 e. The summed E-state index contributed by atoms with van der Waals surface area (Å²) < 4.78 is 5.20. The van der Waals surface area contributed by atoms with Crippen molar-refractivity contribution in [2.45, 2.75) is 19.1 Å². The smallest absolute Gasteiger partial charge is 0.306 e. The van der Waals surface area contributed by atoms with Gasteiger partial charge in [0.1, 0.15) is 6.10 Å². The van der Waals surface area contributed by atoms with Gasteiger partial charge in [0.2, 0.25) is 0 Å². The van der Waals surface area contributed by atoms with Crippen LogP contribution in [0.5, 0.6) is 0 Å². The highest BCUT2D eigenvalue weighted by Gasteiger charge is 2.31. The molecule has 1 N–H and O–H groups in total. The molecule has 32 heavy (non-hydrogen) atoms. The third-order valence-electron chi connectivity index (χ3n) is 4.31. The molecule has 1 saturated heterocycles. The van der Waals surface area contributed by atoms with E-state index in [1.54, 1.807) is 4.90 Å². The first kappa shape index (κ1) is 25.4. The standard InChI is InChI=1S/C13H15NO4.2C6H5Cl/c15-12(16)8-11-13(17)14(6-7-18-11)9-10-4-2-1-3-5-10;2*7-6-4-2-1-3-5-6/h1-5,11H,6-9H2,(H,15,16);2*1-5H. The second-order valence-corrected chi connectivity index (χ2v) is 7.67. The van der Waals surface area contributed by atoms with Crippen molar-refractivity contribution in [2.75, 3.05) is 13.2 Å². The number of nitrogens with zero attached hydrogens (tertiary/aromatic N) is 1. The predicted molar refractivity (Wildman–Crippen MR) is 127 cm³/mol. The van der Waals surface area contributed by atoms with Crippen molar-refractivity contribution in [3.05, 3.63) is 107 Å². The fourth-order valence-corrected chi connectivity index (χ4v) is 3.08. The number of morpholine rings is 1. The maximum atomic E-state index is 12.0. The van der Waals surface area contributed by atoms with Gasteiger partial charge < -0.3 is 14.7 Å².